The zero-order valence-corrected chi connectivity index (χ0v) is 15.6. The van der Waals surface area contributed by atoms with Crippen LogP contribution in [0.15, 0.2) is 84.4 Å². The SMILES string of the molecule is COc1ccc(C(=O)/C(=C\c2ccccc2)C(O)c2ccc(Cl)cc2)cc1. The van der Waals surface area contributed by atoms with Gasteiger partial charge in [0, 0.05) is 16.2 Å². The third-order valence-corrected chi connectivity index (χ3v) is 4.47. The average molecular weight is 379 g/mol. The van der Waals surface area contributed by atoms with E-state index in [1.807, 2.05) is 30.3 Å². The molecule has 3 rings (SSSR count). The number of carbonyl (C=O) groups is 1. The highest BCUT2D eigenvalue weighted by atomic mass is 35.5. The molecule has 0 saturated carbocycles. The molecule has 136 valence electrons. The lowest BCUT2D eigenvalue weighted by atomic mass is 9.92. The number of ketones is 1. The molecule has 0 bridgehead atoms. The molecule has 0 aliphatic carbocycles. The largest absolute Gasteiger partial charge is 0.497 e. The summed E-state index contributed by atoms with van der Waals surface area (Å²) in [6.07, 6.45) is 0.642. The number of aliphatic hydroxyl groups excluding tert-OH is 1. The maximum atomic E-state index is 13.1. The quantitative estimate of drug-likeness (QED) is 0.464. The molecule has 0 aliphatic rings. The first-order chi connectivity index (χ1) is 13.1. The van der Waals surface area contributed by atoms with Crippen LogP contribution in [0.4, 0.5) is 0 Å². The normalized spacial score (nSPS) is 12.5. The number of benzene rings is 3. The summed E-state index contributed by atoms with van der Waals surface area (Å²) in [5.74, 6) is 0.419. The highest BCUT2D eigenvalue weighted by molar-refractivity contribution is 6.30. The molecule has 1 atom stereocenters. The van der Waals surface area contributed by atoms with Crippen molar-refractivity contribution in [2.75, 3.05) is 7.11 Å². The summed E-state index contributed by atoms with van der Waals surface area (Å²) in [6.45, 7) is 0. The molecule has 3 aromatic rings. The van der Waals surface area contributed by atoms with E-state index in [2.05, 4.69) is 0 Å². The van der Waals surface area contributed by atoms with Crippen LogP contribution in [0, 0.1) is 0 Å². The Bertz CT molecular complexity index is 930. The molecule has 3 nitrogen and oxygen atoms in total. The topological polar surface area (TPSA) is 46.5 Å². The predicted molar refractivity (Wildman–Crippen MR) is 108 cm³/mol. The van der Waals surface area contributed by atoms with Gasteiger partial charge in [-0.25, -0.2) is 0 Å². The van der Waals surface area contributed by atoms with Gasteiger partial charge in [0.25, 0.3) is 0 Å². The number of ether oxygens (including phenoxy) is 1. The molecular formula is C23H19ClO3. The van der Waals surface area contributed by atoms with E-state index in [-0.39, 0.29) is 11.4 Å². The summed E-state index contributed by atoms with van der Waals surface area (Å²) in [5, 5.41) is 11.5. The Hall–Kier alpha value is -2.88. The summed E-state index contributed by atoms with van der Waals surface area (Å²) < 4.78 is 5.15. The van der Waals surface area contributed by atoms with Gasteiger partial charge in [0.1, 0.15) is 11.9 Å². The minimum atomic E-state index is -1.07. The van der Waals surface area contributed by atoms with Crippen LogP contribution in [-0.2, 0) is 0 Å². The van der Waals surface area contributed by atoms with E-state index in [1.165, 1.54) is 0 Å². The van der Waals surface area contributed by atoms with Gasteiger partial charge in [0.2, 0.25) is 0 Å². The van der Waals surface area contributed by atoms with Gasteiger partial charge in [-0.15, -0.1) is 0 Å². The van der Waals surface area contributed by atoms with Crippen molar-refractivity contribution in [3.8, 4) is 5.75 Å². The Morgan fingerprint density at radius 1 is 0.963 bits per heavy atom. The van der Waals surface area contributed by atoms with Gasteiger partial charge in [-0.1, -0.05) is 54.1 Å². The van der Waals surface area contributed by atoms with Crippen LogP contribution in [-0.4, -0.2) is 18.0 Å². The first kappa shape index (κ1) is 18.9. The molecule has 0 saturated heterocycles. The van der Waals surface area contributed by atoms with E-state index in [9.17, 15) is 9.90 Å². The van der Waals surface area contributed by atoms with E-state index >= 15 is 0 Å². The van der Waals surface area contributed by atoms with Crippen LogP contribution in [0.2, 0.25) is 5.02 Å². The van der Waals surface area contributed by atoms with E-state index in [1.54, 1.807) is 61.7 Å². The monoisotopic (exact) mass is 378 g/mol. The van der Waals surface area contributed by atoms with E-state index in [4.69, 9.17) is 16.3 Å². The van der Waals surface area contributed by atoms with Crippen LogP contribution >= 0.6 is 11.6 Å². The van der Waals surface area contributed by atoms with Crippen molar-refractivity contribution in [2.45, 2.75) is 6.10 Å². The van der Waals surface area contributed by atoms with Gasteiger partial charge in [-0.2, -0.15) is 0 Å². The van der Waals surface area contributed by atoms with Crippen LogP contribution in [0.25, 0.3) is 6.08 Å². The molecule has 4 heteroatoms. The maximum absolute atomic E-state index is 13.1. The van der Waals surface area contributed by atoms with Gasteiger partial charge >= 0.3 is 0 Å². The first-order valence-corrected chi connectivity index (χ1v) is 8.85. The number of carbonyl (C=O) groups excluding carboxylic acids is 1. The number of rotatable bonds is 6. The van der Waals surface area contributed by atoms with Crippen molar-refractivity contribution in [3.05, 3.63) is 106 Å². The summed E-state index contributed by atoms with van der Waals surface area (Å²) in [5.41, 5.74) is 2.20. The van der Waals surface area contributed by atoms with Crippen molar-refractivity contribution < 1.29 is 14.6 Å². The third-order valence-electron chi connectivity index (χ3n) is 4.22. The van der Waals surface area contributed by atoms with Gasteiger partial charge in [-0.05, 0) is 53.6 Å². The van der Waals surface area contributed by atoms with E-state index < -0.39 is 6.10 Å². The Morgan fingerprint density at radius 2 is 1.59 bits per heavy atom. The highest BCUT2D eigenvalue weighted by Crippen LogP contribution is 2.28. The lowest BCUT2D eigenvalue weighted by Crippen LogP contribution is -2.12. The van der Waals surface area contributed by atoms with Gasteiger partial charge in [0.05, 0.1) is 7.11 Å². The molecule has 0 radical (unpaired) electrons. The molecule has 0 aromatic heterocycles. The van der Waals surface area contributed by atoms with Crippen LogP contribution < -0.4 is 4.74 Å². The number of aliphatic hydroxyl groups is 1. The molecule has 0 spiro atoms. The van der Waals surface area contributed by atoms with Crippen molar-refractivity contribution >= 4 is 23.5 Å². The minimum Gasteiger partial charge on any atom is -0.497 e. The molecule has 1 unspecified atom stereocenters. The lowest BCUT2D eigenvalue weighted by Gasteiger charge is -2.16. The first-order valence-electron chi connectivity index (χ1n) is 8.47. The molecule has 0 aliphatic heterocycles. The molecule has 0 amide bonds. The fourth-order valence-electron chi connectivity index (χ4n) is 2.73. The minimum absolute atomic E-state index is 0.246. The zero-order valence-electron chi connectivity index (χ0n) is 14.8. The fraction of sp³-hybridized carbons (Fsp3) is 0.0870. The van der Waals surface area contributed by atoms with Crippen molar-refractivity contribution in [3.63, 3.8) is 0 Å². The van der Waals surface area contributed by atoms with Gasteiger partial charge in [-0.3, -0.25) is 4.79 Å². The zero-order chi connectivity index (χ0) is 19.2. The molecule has 0 heterocycles. The second-order valence-corrected chi connectivity index (χ2v) is 6.46. The molecule has 1 N–H and O–H groups in total. The maximum Gasteiger partial charge on any atom is 0.191 e. The smallest absolute Gasteiger partial charge is 0.191 e. The number of hydrogen-bond acceptors (Lipinski definition) is 3. The second kappa shape index (κ2) is 8.67. The standard InChI is InChI=1S/C23H19ClO3/c1-27-20-13-9-18(10-14-20)23(26)21(15-16-5-3-2-4-6-16)22(25)17-7-11-19(24)12-8-17/h2-15,22,25H,1H3/b21-15-. The Balaban J connectivity index is 2.02. The Kier molecular flexibility index (Phi) is 6.07. The summed E-state index contributed by atoms with van der Waals surface area (Å²) in [4.78, 5) is 13.1. The van der Waals surface area contributed by atoms with Crippen molar-refractivity contribution in [2.24, 2.45) is 0 Å². The lowest BCUT2D eigenvalue weighted by molar-refractivity contribution is 0.0989. The highest BCUT2D eigenvalue weighted by Gasteiger charge is 2.22. The van der Waals surface area contributed by atoms with Crippen LogP contribution in [0.1, 0.15) is 27.6 Å². The summed E-state index contributed by atoms with van der Waals surface area (Å²) in [6, 6.07) is 23.1. The molecule has 0 fully saturated rings. The summed E-state index contributed by atoms with van der Waals surface area (Å²) >= 11 is 5.94. The van der Waals surface area contributed by atoms with Crippen molar-refractivity contribution in [1.82, 2.24) is 0 Å². The second-order valence-electron chi connectivity index (χ2n) is 6.02. The number of hydrogen-bond donors (Lipinski definition) is 1. The average Bonchev–Trinajstić information content (AvgIpc) is 2.72. The number of Topliss-reactive ketones (excluding diaryl/α,β-unsaturated/α-hetero) is 1. The Labute approximate surface area is 163 Å². The Morgan fingerprint density at radius 3 is 2.19 bits per heavy atom. The molecule has 3 aromatic carbocycles. The fourth-order valence-corrected chi connectivity index (χ4v) is 2.86. The van der Waals surface area contributed by atoms with Crippen LogP contribution in [0.5, 0.6) is 5.75 Å². The van der Waals surface area contributed by atoms with Crippen molar-refractivity contribution in [1.29, 1.82) is 0 Å². The van der Waals surface area contributed by atoms with E-state index in [0.717, 1.165) is 5.56 Å². The number of halogens is 1. The van der Waals surface area contributed by atoms with E-state index in [0.29, 0.717) is 21.9 Å². The van der Waals surface area contributed by atoms with Gasteiger partial charge < -0.3 is 9.84 Å². The molecule has 27 heavy (non-hydrogen) atoms. The van der Waals surface area contributed by atoms with Gasteiger partial charge in [0.15, 0.2) is 5.78 Å². The van der Waals surface area contributed by atoms with Crippen LogP contribution in [0.3, 0.4) is 0 Å². The number of methoxy groups -OCH3 is 1. The molecular weight excluding hydrogens is 360 g/mol. The predicted octanol–water partition coefficient (Wildman–Crippen LogP) is 5.35. The third kappa shape index (κ3) is 4.64. The summed E-state index contributed by atoms with van der Waals surface area (Å²) in [7, 11) is 1.57.